The molecule has 0 saturated heterocycles. The molecule has 0 saturated carbocycles. The average molecular weight is 554 g/mol. The van der Waals surface area contributed by atoms with Crippen molar-refractivity contribution >= 4 is 29.2 Å². The topological polar surface area (TPSA) is 96.3 Å². The molecule has 0 fully saturated rings. The molecule has 1 aliphatic rings. The summed E-state index contributed by atoms with van der Waals surface area (Å²) in [4.78, 5) is 24.2. The van der Waals surface area contributed by atoms with Gasteiger partial charge in [-0.15, -0.1) is 0 Å². The summed E-state index contributed by atoms with van der Waals surface area (Å²) in [6.45, 7) is 0.844. The summed E-state index contributed by atoms with van der Waals surface area (Å²) in [5, 5.41) is 20.1. The number of alkyl halides is 3. The monoisotopic (exact) mass is 553 g/mol. The molecule has 3 aromatic rings. The molecule has 1 heterocycles. The highest BCUT2D eigenvalue weighted by Gasteiger charge is 2.59. The van der Waals surface area contributed by atoms with Gasteiger partial charge in [-0.05, 0) is 59.7 Å². The fourth-order valence-electron chi connectivity index (χ4n) is 4.15. The van der Waals surface area contributed by atoms with Crippen LogP contribution < -0.4 is 14.4 Å². The molecule has 1 amide bonds. The van der Waals surface area contributed by atoms with Crippen LogP contribution in [0.1, 0.15) is 34.3 Å². The molecule has 2 N–H and O–H groups in total. The predicted molar refractivity (Wildman–Crippen MR) is 129 cm³/mol. The summed E-state index contributed by atoms with van der Waals surface area (Å²) in [5.41, 5.74) is -4.46. The van der Waals surface area contributed by atoms with Crippen LogP contribution in [0.2, 0.25) is 5.02 Å². The number of ether oxygens (including phenoxy) is 2. The molecule has 200 valence electrons. The number of carboxylic acids is 1. The van der Waals surface area contributed by atoms with Crippen LogP contribution in [0.25, 0.3) is 0 Å². The Balaban J connectivity index is 1.75. The Bertz CT molecular complexity index is 1430. The van der Waals surface area contributed by atoms with Gasteiger partial charge in [-0.2, -0.15) is 13.2 Å². The zero-order valence-electron chi connectivity index (χ0n) is 19.8. The molecule has 7 nitrogen and oxygen atoms in total. The zero-order valence-corrected chi connectivity index (χ0v) is 20.6. The van der Waals surface area contributed by atoms with E-state index in [1.165, 1.54) is 25.2 Å². The Labute approximate surface area is 218 Å². The number of hydrogen-bond donors (Lipinski definition) is 2. The number of halogens is 5. The van der Waals surface area contributed by atoms with Gasteiger partial charge < -0.3 is 24.6 Å². The van der Waals surface area contributed by atoms with Gasteiger partial charge in [0.15, 0.2) is 23.8 Å². The Morgan fingerprint density at radius 2 is 1.84 bits per heavy atom. The van der Waals surface area contributed by atoms with Gasteiger partial charge in [-0.25, -0.2) is 9.18 Å². The predicted octanol–water partition coefficient (Wildman–Crippen LogP) is 5.88. The van der Waals surface area contributed by atoms with Gasteiger partial charge in [-0.3, -0.25) is 4.79 Å². The van der Waals surface area contributed by atoms with Crippen molar-refractivity contribution < 1.29 is 46.8 Å². The Morgan fingerprint density at radius 1 is 1.13 bits per heavy atom. The van der Waals surface area contributed by atoms with Gasteiger partial charge in [0.2, 0.25) is 0 Å². The second kappa shape index (κ2) is 9.80. The van der Waals surface area contributed by atoms with Gasteiger partial charge in [0.05, 0.1) is 11.3 Å². The standard InChI is InChI=1S/C26H20ClF4NO6/c1-13(17-11-16(5-6-18(17)27)38-21-7-3-14(24(34)35)9-19(21)28)25(36,26(29,30)31)15-4-8-22-20(10-15)32(2)23(33)12-37-22/h3-11,13,36H,12H2,1-2H3,(H,34,35). The fraction of sp³-hybridized carbons (Fsp3) is 0.231. The minimum atomic E-state index is -5.20. The first-order valence-electron chi connectivity index (χ1n) is 11.1. The number of amides is 1. The van der Waals surface area contributed by atoms with Crippen LogP contribution >= 0.6 is 11.6 Å². The number of anilines is 1. The summed E-state index contributed by atoms with van der Waals surface area (Å²) in [6.07, 6.45) is -5.20. The number of carbonyl (C=O) groups is 2. The Kier molecular flexibility index (Phi) is 7.02. The maximum absolute atomic E-state index is 14.5. The van der Waals surface area contributed by atoms with E-state index in [1.807, 2.05) is 0 Å². The minimum Gasteiger partial charge on any atom is -0.482 e. The van der Waals surface area contributed by atoms with Gasteiger partial charge >= 0.3 is 12.1 Å². The van der Waals surface area contributed by atoms with Crippen molar-refractivity contribution in [3.63, 3.8) is 0 Å². The van der Waals surface area contributed by atoms with Crippen molar-refractivity contribution in [1.29, 1.82) is 0 Å². The number of carbonyl (C=O) groups excluding carboxylic acids is 1. The molecule has 12 heteroatoms. The van der Waals surface area contributed by atoms with E-state index in [-0.39, 0.29) is 45.7 Å². The molecule has 38 heavy (non-hydrogen) atoms. The average Bonchev–Trinajstić information content (AvgIpc) is 2.86. The molecule has 0 radical (unpaired) electrons. The van der Waals surface area contributed by atoms with Crippen molar-refractivity contribution in [2.24, 2.45) is 0 Å². The molecular formula is C26H20ClF4NO6. The van der Waals surface area contributed by atoms with E-state index >= 15 is 0 Å². The summed E-state index contributed by atoms with van der Waals surface area (Å²) in [5.74, 6) is -4.84. The second-order valence-corrected chi connectivity index (χ2v) is 9.05. The summed E-state index contributed by atoms with van der Waals surface area (Å²) < 4.78 is 68.7. The third-order valence-corrected chi connectivity index (χ3v) is 6.73. The van der Waals surface area contributed by atoms with E-state index in [1.54, 1.807) is 0 Å². The molecule has 0 spiro atoms. The zero-order chi connectivity index (χ0) is 28.0. The third-order valence-electron chi connectivity index (χ3n) is 6.39. The number of aromatic carboxylic acids is 1. The van der Waals surface area contributed by atoms with E-state index in [0.29, 0.717) is 0 Å². The molecule has 2 atom stereocenters. The van der Waals surface area contributed by atoms with E-state index < -0.39 is 41.0 Å². The lowest BCUT2D eigenvalue weighted by molar-refractivity contribution is -0.274. The van der Waals surface area contributed by atoms with Crippen LogP contribution in [0.4, 0.5) is 23.2 Å². The van der Waals surface area contributed by atoms with Crippen LogP contribution in [-0.2, 0) is 10.4 Å². The first-order valence-corrected chi connectivity index (χ1v) is 11.4. The van der Waals surface area contributed by atoms with Crippen molar-refractivity contribution in [2.75, 3.05) is 18.6 Å². The van der Waals surface area contributed by atoms with Gasteiger partial charge in [0.1, 0.15) is 11.5 Å². The minimum absolute atomic E-state index is 0.0529. The lowest BCUT2D eigenvalue weighted by atomic mass is 9.77. The number of aliphatic hydroxyl groups is 1. The molecule has 1 aliphatic heterocycles. The molecular weight excluding hydrogens is 534 g/mol. The molecule has 0 aromatic heterocycles. The summed E-state index contributed by atoms with van der Waals surface area (Å²) >= 11 is 6.24. The highest BCUT2D eigenvalue weighted by atomic mass is 35.5. The lowest BCUT2D eigenvalue weighted by Gasteiger charge is -2.38. The van der Waals surface area contributed by atoms with E-state index in [9.17, 15) is 32.3 Å². The first kappa shape index (κ1) is 27.2. The molecule has 3 aromatic carbocycles. The Morgan fingerprint density at radius 3 is 2.47 bits per heavy atom. The number of likely N-dealkylation sites (N-methyl/N-ethyl adjacent to an activating group) is 1. The highest BCUT2D eigenvalue weighted by Crippen LogP contribution is 2.51. The maximum Gasteiger partial charge on any atom is 0.422 e. The van der Waals surface area contributed by atoms with E-state index in [4.69, 9.17) is 26.2 Å². The lowest BCUT2D eigenvalue weighted by Crippen LogP contribution is -2.47. The fourth-order valence-corrected chi connectivity index (χ4v) is 4.44. The van der Waals surface area contributed by atoms with Crippen molar-refractivity contribution in [2.45, 2.75) is 24.6 Å². The number of nitrogens with zero attached hydrogens (tertiary/aromatic N) is 1. The number of hydrogen-bond acceptors (Lipinski definition) is 5. The van der Waals surface area contributed by atoms with Crippen LogP contribution in [0.15, 0.2) is 54.6 Å². The normalized spacial score (nSPS) is 15.8. The molecule has 0 aliphatic carbocycles. The van der Waals surface area contributed by atoms with Crippen LogP contribution in [0.5, 0.6) is 17.2 Å². The quantitative estimate of drug-likeness (QED) is 0.370. The third kappa shape index (κ3) is 4.74. The number of fused-ring (bicyclic) bond motifs is 1. The summed E-state index contributed by atoms with van der Waals surface area (Å²) in [6, 6.07) is 9.88. The largest absolute Gasteiger partial charge is 0.482 e. The van der Waals surface area contributed by atoms with Crippen molar-refractivity contribution in [1.82, 2.24) is 0 Å². The van der Waals surface area contributed by atoms with Crippen molar-refractivity contribution in [3.05, 3.63) is 82.1 Å². The highest BCUT2D eigenvalue weighted by molar-refractivity contribution is 6.31. The first-order chi connectivity index (χ1) is 17.7. The van der Waals surface area contributed by atoms with Gasteiger partial charge in [0, 0.05) is 18.0 Å². The number of carboxylic acid groups (broad SMARTS) is 1. The Hall–Kier alpha value is -3.83. The summed E-state index contributed by atoms with van der Waals surface area (Å²) in [7, 11) is 1.38. The molecule has 2 unspecified atom stereocenters. The maximum atomic E-state index is 14.5. The van der Waals surface area contributed by atoms with E-state index in [2.05, 4.69) is 0 Å². The number of rotatable bonds is 6. The van der Waals surface area contributed by atoms with Crippen LogP contribution in [0, 0.1) is 5.82 Å². The SMILES string of the molecule is CC(c1cc(Oc2ccc(C(=O)O)cc2F)ccc1Cl)C(O)(c1ccc2c(c1)N(C)C(=O)CO2)C(F)(F)F. The smallest absolute Gasteiger partial charge is 0.422 e. The van der Waals surface area contributed by atoms with Crippen molar-refractivity contribution in [3.8, 4) is 17.2 Å². The van der Waals surface area contributed by atoms with Gasteiger partial charge in [-0.1, -0.05) is 24.6 Å². The molecule has 4 rings (SSSR count). The van der Waals surface area contributed by atoms with Crippen LogP contribution in [-0.4, -0.2) is 41.9 Å². The molecule has 0 bridgehead atoms. The van der Waals surface area contributed by atoms with Crippen LogP contribution in [0.3, 0.4) is 0 Å². The van der Waals surface area contributed by atoms with E-state index in [0.717, 1.165) is 48.2 Å². The van der Waals surface area contributed by atoms with Gasteiger partial charge in [0.25, 0.3) is 5.91 Å². The number of benzene rings is 3. The second-order valence-electron chi connectivity index (χ2n) is 8.65.